The average molecular weight is 942 g/mol. The quantitative estimate of drug-likeness (QED) is 0.124. The van der Waals surface area contributed by atoms with Crippen molar-refractivity contribution in [3.8, 4) is 0 Å². The SMILES string of the molecule is CC(C)N(C)[C@@H]1CC[C@H](N2CC[C@H](Nc3ncnc4ccc(C(F)(F)F)cc34)C2=O)[C@H](NC(=O)C2CCC(NC(=O)/C=C/COC3CCC(NC(=O)CCNC(=O)OC(C)(C)C)CC3)CC2)C1. The number of hydrogen-bond acceptors (Lipinski definition) is 11. The maximum Gasteiger partial charge on any atom is 0.416 e. The van der Waals surface area contributed by atoms with Crippen molar-refractivity contribution < 1.29 is 46.6 Å². The molecular weight excluding hydrogens is 872 g/mol. The van der Waals surface area contributed by atoms with E-state index < -0.39 is 29.5 Å². The molecule has 3 aliphatic carbocycles. The van der Waals surface area contributed by atoms with E-state index in [1.807, 2.05) is 4.90 Å². The number of fused-ring (bicyclic) bond motifs is 1. The number of anilines is 1. The summed E-state index contributed by atoms with van der Waals surface area (Å²) in [6.07, 6.45) is 7.85. The number of carbonyl (C=O) groups excluding carboxylic acids is 5. The number of ether oxygens (including phenoxy) is 2. The summed E-state index contributed by atoms with van der Waals surface area (Å²) in [6, 6.07) is 2.51. The van der Waals surface area contributed by atoms with Crippen molar-refractivity contribution in [2.24, 2.45) is 5.92 Å². The van der Waals surface area contributed by atoms with Gasteiger partial charge in [-0.1, -0.05) is 6.08 Å². The molecule has 370 valence electrons. The Morgan fingerprint density at radius 1 is 0.910 bits per heavy atom. The Labute approximate surface area is 391 Å². The molecule has 4 aliphatic rings. The molecule has 16 nitrogen and oxygen atoms in total. The maximum atomic E-state index is 14.1. The van der Waals surface area contributed by atoms with Crippen LogP contribution in [0.4, 0.5) is 23.8 Å². The van der Waals surface area contributed by atoms with E-state index in [1.54, 1.807) is 26.8 Å². The normalized spacial score (nSPS) is 26.2. The number of amides is 5. The van der Waals surface area contributed by atoms with E-state index in [4.69, 9.17) is 9.47 Å². The number of aromatic nitrogens is 2. The Balaban J connectivity index is 0.927. The number of nitrogens with one attached hydrogen (secondary N) is 5. The molecule has 0 bridgehead atoms. The Morgan fingerprint density at radius 3 is 2.30 bits per heavy atom. The molecule has 67 heavy (non-hydrogen) atoms. The zero-order valence-electron chi connectivity index (χ0n) is 39.8. The highest BCUT2D eigenvalue weighted by atomic mass is 19.4. The lowest BCUT2D eigenvalue weighted by atomic mass is 9.82. The summed E-state index contributed by atoms with van der Waals surface area (Å²) in [6.45, 7) is 10.5. The smallest absolute Gasteiger partial charge is 0.416 e. The molecule has 5 amide bonds. The summed E-state index contributed by atoms with van der Waals surface area (Å²) in [7, 11) is 2.08. The van der Waals surface area contributed by atoms with Crippen LogP contribution in [0.15, 0.2) is 36.7 Å². The van der Waals surface area contributed by atoms with E-state index in [9.17, 15) is 37.1 Å². The zero-order valence-corrected chi connectivity index (χ0v) is 39.8. The second-order valence-corrected chi connectivity index (χ2v) is 19.9. The highest BCUT2D eigenvalue weighted by Crippen LogP contribution is 2.35. The highest BCUT2D eigenvalue weighted by Gasteiger charge is 2.44. The first-order chi connectivity index (χ1) is 31.7. The fourth-order valence-electron chi connectivity index (χ4n) is 9.79. The Morgan fingerprint density at radius 2 is 1.61 bits per heavy atom. The van der Waals surface area contributed by atoms with Crippen molar-refractivity contribution >= 4 is 46.4 Å². The molecule has 0 spiro atoms. The van der Waals surface area contributed by atoms with Crippen molar-refractivity contribution in [2.75, 3.05) is 32.1 Å². The molecule has 0 unspecified atom stereocenters. The van der Waals surface area contributed by atoms with Gasteiger partial charge in [0.1, 0.15) is 23.8 Å². The molecule has 2 heterocycles. The largest absolute Gasteiger partial charge is 0.444 e. The van der Waals surface area contributed by atoms with Crippen LogP contribution in [0.25, 0.3) is 10.9 Å². The molecule has 1 aliphatic heterocycles. The van der Waals surface area contributed by atoms with Crippen molar-refractivity contribution in [3.05, 3.63) is 42.2 Å². The fraction of sp³-hybridized carbons (Fsp3) is 0.688. The first-order valence-electron chi connectivity index (χ1n) is 24.0. The minimum atomic E-state index is -4.55. The summed E-state index contributed by atoms with van der Waals surface area (Å²) < 4.78 is 51.9. The third kappa shape index (κ3) is 14.7. The van der Waals surface area contributed by atoms with Gasteiger partial charge in [0.2, 0.25) is 23.6 Å². The molecule has 3 saturated carbocycles. The standard InChI is InChI=1S/C48H70F3N9O7/c1-29(2)59(6)34-16-20-40(60-24-22-38(45(60)64)57-43-36-26-31(48(49,50)51)11-19-37(36)53-28-54-43)39(27-34)58-44(63)30-9-12-32(13-10-30)55-41(61)8-7-25-66-35-17-14-33(15-18-35)56-42(62)21-23-52-46(65)67-47(3,4)5/h7-8,11,19,26,28-30,32-35,38-40H,9-10,12-18,20-25,27H2,1-6H3,(H,52,65)(H,55,61)(H,56,62)(H,58,63)(H,53,54,57)/b8-7+/t30?,32?,33?,34-,35?,38+,39-,40+/m1/s1. The van der Waals surface area contributed by atoms with Crippen LogP contribution in [0, 0.1) is 5.92 Å². The predicted molar refractivity (Wildman–Crippen MR) is 247 cm³/mol. The molecule has 4 fully saturated rings. The van der Waals surface area contributed by atoms with E-state index in [0.29, 0.717) is 63.6 Å². The van der Waals surface area contributed by atoms with E-state index in [0.717, 1.165) is 44.2 Å². The lowest BCUT2D eigenvalue weighted by Crippen LogP contribution is -2.59. The summed E-state index contributed by atoms with van der Waals surface area (Å²) in [5, 5.41) is 15.4. The molecule has 0 radical (unpaired) electrons. The topological polar surface area (TPSA) is 196 Å². The minimum absolute atomic E-state index is 0.0318. The number of alkyl halides is 3. The third-order valence-electron chi connectivity index (χ3n) is 13.6. The lowest BCUT2D eigenvalue weighted by Gasteiger charge is -2.45. The molecule has 1 aromatic carbocycles. The van der Waals surface area contributed by atoms with Crippen molar-refractivity contribution in [2.45, 2.75) is 178 Å². The predicted octanol–water partition coefficient (Wildman–Crippen LogP) is 6.00. The van der Waals surface area contributed by atoms with Crippen LogP contribution in [0.1, 0.15) is 124 Å². The average Bonchev–Trinajstić information content (AvgIpc) is 3.63. The molecule has 19 heteroatoms. The van der Waals surface area contributed by atoms with Crippen molar-refractivity contribution in [1.82, 2.24) is 41.0 Å². The van der Waals surface area contributed by atoms with Gasteiger partial charge in [-0.2, -0.15) is 13.2 Å². The Kier molecular flexibility index (Phi) is 17.5. The van der Waals surface area contributed by atoms with Crippen LogP contribution in [0.5, 0.6) is 0 Å². The van der Waals surface area contributed by atoms with Gasteiger partial charge in [-0.15, -0.1) is 0 Å². The number of nitrogens with zero attached hydrogens (tertiary/aromatic N) is 4. The summed E-state index contributed by atoms with van der Waals surface area (Å²) in [4.78, 5) is 77.5. The monoisotopic (exact) mass is 942 g/mol. The van der Waals surface area contributed by atoms with Crippen LogP contribution in [0.3, 0.4) is 0 Å². The van der Waals surface area contributed by atoms with E-state index in [1.165, 1.54) is 18.5 Å². The number of likely N-dealkylation sites (tertiary alicyclic amines) is 1. The van der Waals surface area contributed by atoms with Gasteiger partial charge in [0, 0.05) is 61.1 Å². The lowest BCUT2D eigenvalue weighted by molar-refractivity contribution is -0.137. The maximum absolute atomic E-state index is 14.1. The Bertz CT molecular complexity index is 2070. The van der Waals surface area contributed by atoms with Gasteiger partial charge >= 0.3 is 12.3 Å². The molecule has 4 atom stereocenters. The van der Waals surface area contributed by atoms with Gasteiger partial charge in [0.15, 0.2) is 0 Å². The van der Waals surface area contributed by atoms with Crippen LogP contribution < -0.4 is 26.6 Å². The summed E-state index contributed by atoms with van der Waals surface area (Å²) in [5.74, 6) is -0.633. The zero-order chi connectivity index (χ0) is 48.5. The van der Waals surface area contributed by atoms with Crippen molar-refractivity contribution in [3.63, 3.8) is 0 Å². The number of carbonyl (C=O) groups is 5. The number of rotatable bonds is 16. The van der Waals surface area contributed by atoms with E-state index in [-0.39, 0.29) is 96.1 Å². The molecule has 2 aromatic rings. The van der Waals surface area contributed by atoms with Gasteiger partial charge in [-0.3, -0.25) is 19.2 Å². The van der Waals surface area contributed by atoms with Gasteiger partial charge < -0.3 is 45.9 Å². The number of hydrogen-bond donors (Lipinski definition) is 5. The van der Waals surface area contributed by atoms with Gasteiger partial charge in [0.25, 0.3) is 0 Å². The van der Waals surface area contributed by atoms with Crippen LogP contribution >= 0.6 is 0 Å². The first-order valence-corrected chi connectivity index (χ1v) is 24.0. The number of benzene rings is 1. The second-order valence-electron chi connectivity index (χ2n) is 19.9. The van der Waals surface area contributed by atoms with E-state index in [2.05, 4.69) is 62.3 Å². The number of alkyl carbamates (subject to hydrolysis) is 1. The second kappa shape index (κ2) is 22.8. The minimum Gasteiger partial charge on any atom is -0.444 e. The summed E-state index contributed by atoms with van der Waals surface area (Å²) >= 11 is 0. The summed E-state index contributed by atoms with van der Waals surface area (Å²) in [5.41, 5.74) is -1.09. The van der Waals surface area contributed by atoms with Crippen LogP contribution in [-0.4, -0.2) is 130 Å². The van der Waals surface area contributed by atoms with Crippen LogP contribution in [0.2, 0.25) is 0 Å². The molecule has 6 rings (SSSR count). The first kappa shape index (κ1) is 51.4. The molecular formula is C48H70F3N9O7. The third-order valence-corrected chi connectivity index (χ3v) is 13.6. The van der Waals surface area contributed by atoms with Gasteiger partial charge in [-0.05, 0) is 137 Å². The molecule has 5 N–H and O–H groups in total. The molecule has 1 saturated heterocycles. The van der Waals surface area contributed by atoms with Gasteiger partial charge in [0.05, 0.1) is 35.9 Å². The van der Waals surface area contributed by atoms with Gasteiger partial charge in [-0.25, -0.2) is 14.8 Å². The molecule has 1 aromatic heterocycles. The number of halogens is 3. The van der Waals surface area contributed by atoms with Crippen molar-refractivity contribution in [1.29, 1.82) is 0 Å². The van der Waals surface area contributed by atoms with E-state index >= 15 is 0 Å². The highest BCUT2D eigenvalue weighted by molar-refractivity contribution is 5.93. The van der Waals surface area contributed by atoms with Crippen LogP contribution in [-0.2, 0) is 34.8 Å². The Hall–Kier alpha value is -5.04. The fourth-order valence-corrected chi connectivity index (χ4v) is 9.79.